The van der Waals surface area contributed by atoms with Gasteiger partial charge in [0.25, 0.3) is 0 Å². The molecule has 7 heteroatoms. The van der Waals surface area contributed by atoms with Crippen molar-refractivity contribution in [3.05, 3.63) is 109 Å². The van der Waals surface area contributed by atoms with Gasteiger partial charge >= 0.3 is 6.09 Å². The highest BCUT2D eigenvalue weighted by Crippen LogP contribution is 2.31. The zero-order valence-corrected chi connectivity index (χ0v) is 20.5. The Morgan fingerprint density at radius 2 is 1.75 bits per heavy atom. The molecule has 1 amide bonds. The lowest BCUT2D eigenvalue weighted by Gasteiger charge is -2.08. The summed E-state index contributed by atoms with van der Waals surface area (Å²) >= 11 is 1.66. The van der Waals surface area contributed by atoms with Crippen LogP contribution in [0.1, 0.15) is 17.5 Å². The molecule has 0 fully saturated rings. The third-order valence-electron chi connectivity index (χ3n) is 5.76. The molecule has 2 aromatic heterocycles. The van der Waals surface area contributed by atoms with Crippen molar-refractivity contribution in [2.24, 2.45) is 0 Å². The number of carbonyl (C=O) groups excluding carboxylic acids is 1. The van der Waals surface area contributed by atoms with Gasteiger partial charge in [-0.2, -0.15) is 0 Å². The highest BCUT2D eigenvalue weighted by Gasteiger charge is 2.06. The van der Waals surface area contributed by atoms with Crippen LogP contribution in [0.2, 0.25) is 0 Å². The van der Waals surface area contributed by atoms with Gasteiger partial charge in [-0.3, -0.25) is 10.3 Å². The molecule has 0 aliphatic carbocycles. The van der Waals surface area contributed by atoms with Gasteiger partial charge in [0.15, 0.2) is 5.13 Å². The van der Waals surface area contributed by atoms with Gasteiger partial charge < -0.3 is 10.1 Å². The smallest absolute Gasteiger partial charge is 0.411 e. The van der Waals surface area contributed by atoms with Gasteiger partial charge in [-0.1, -0.05) is 65.9 Å². The molecule has 0 bridgehead atoms. The molecule has 2 heterocycles. The van der Waals surface area contributed by atoms with Gasteiger partial charge in [0.05, 0.1) is 4.88 Å². The zero-order chi connectivity index (χ0) is 24.6. The fraction of sp³-hybridized carbons (Fsp3) is 0.138. The molecule has 0 saturated carbocycles. The Kier molecular flexibility index (Phi) is 7.49. The van der Waals surface area contributed by atoms with Crippen molar-refractivity contribution < 1.29 is 9.53 Å². The Balaban J connectivity index is 1.05. The van der Waals surface area contributed by atoms with Crippen LogP contribution in [-0.4, -0.2) is 22.6 Å². The topological polar surface area (TPSA) is 76.1 Å². The van der Waals surface area contributed by atoms with E-state index in [4.69, 9.17) is 4.74 Å². The first-order chi connectivity index (χ1) is 17.7. The Labute approximate surface area is 214 Å². The van der Waals surface area contributed by atoms with Crippen LogP contribution in [0, 0.1) is 0 Å². The van der Waals surface area contributed by atoms with Crippen LogP contribution in [-0.2, 0) is 17.8 Å². The number of carbonyl (C=O) groups is 1. The number of nitrogens with zero attached hydrogens (tertiary/aromatic N) is 2. The number of rotatable bonds is 9. The van der Waals surface area contributed by atoms with Gasteiger partial charge in [-0.05, 0) is 59.2 Å². The number of amides is 1. The molecule has 0 aliphatic rings. The number of anilines is 2. The van der Waals surface area contributed by atoms with Crippen LogP contribution >= 0.6 is 11.3 Å². The molecule has 3 aromatic carbocycles. The number of hydrogen-bond acceptors (Lipinski definition) is 6. The van der Waals surface area contributed by atoms with E-state index in [-0.39, 0.29) is 6.61 Å². The van der Waals surface area contributed by atoms with E-state index in [1.54, 1.807) is 11.3 Å². The molecule has 180 valence electrons. The number of aryl methyl sites for hydroxylation is 1. The van der Waals surface area contributed by atoms with E-state index in [9.17, 15) is 4.79 Å². The van der Waals surface area contributed by atoms with Crippen LogP contribution in [0.25, 0.3) is 21.2 Å². The molecule has 5 rings (SSSR count). The predicted octanol–water partition coefficient (Wildman–Crippen LogP) is 7.15. The van der Waals surface area contributed by atoms with Crippen LogP contribution in [0.4, 0.5) is 15.6 Å². The highest BCUT2D eigenvalue weighted by molar-refractivity contribution is 7.18. The molecule has 0 unspecified atom stereocenters. The first kappa shape index (κ1) is 23.5. The van der Waals surface area contributed by atoms with E-state index in [0.29, 0.717) is 0 Å². The van der Waals surface area contributed by atoms with Crippen LogP contribution in [0.15, 0.2) is 97.5 Å². The number of pyridine rings is 1. The molecule has 0 spiro atoms. The first-order valence-electron chi connectivity index (χ1n) is 11.8. The second-order valence-electron chi connectivity index (χ2n) is 8.38. The summed E-state index contributed by atoms with van der Waals surface area (Å²) in [6.45, 7) is 1.08. The number of fused-ring (bicyclic) bond motifs is 1. The number of aromatic nitrogens is 2. The molecular weight excluding hydrogens is 468 g/mol. The maximum Gasteiger partial charge on any atom is 0.411 e. The summed E-state index contributed by atoms with van der Waals surface area (Å²) in [5.74, 6) is 0. The van der Waals surface area contributed by atoms with Gasteiger partial charge in [0, 0.05) is 36.2 Å². The maximum atomic E-state index is 12.0. The van der Waals surface area contributed by atoms with Crippen molar-refractivity contribution >= 4 is 39.0 Å². The summed E-state index contributed by atoms with van der Waals surface area (Å²) in [4.78, 5) is 21.9. The molecule has 0 saturated heterocycles. The van der Waals surface area contributed by atoms with Gasteiger partial charge in [-0.15, -0.1) is 0 Å². The Morgan fingerprint density at radius 3 is 2.61 bits per heavy atom. The van der Waals surface area contributed by atoms with Crippen LogP contribution < -0.4 is 10.6 Å². The number of nitrogens with one attached hydrogen (secondary N) is 2. The first-order valence-corrected chi connectivity index (χ1v) is 12.6. The molecule has 5 aromatic rings. The van der Waals surface area contributed by atoms with Gasteiger partial charge in [0.1, 0.15) is 6.61 Å². The molecular formula is C29H26N4O2S. The quantitative estimate of drug-likeness (QED) is 0.213. The lowest BCUT2D eigenvalue weighted by molar-refractivity contribution is 0.155. The lowest BCUT2D eigenvalue weighted by Crippen LogP contribution is -2.13. The van der Waals surface area contributed by atoms with Gasteiger partial charge in [-0.25, -0.2) is 9.78 Å². The Bertz CT molecular complexity index is 1430. The Hall–Kier alpha value is -4.23. The predicted molar refractivity (Wildman–Crippen MR) is 146 cm³/mol. The number of benzene rings is 3. The summed E-state index contributed by atoms with van der Waals surface area (Å²) in [6, 6.07) is 25.9. The maximum absolute atomic E-state index is 12.0. The summed E-state index contributed by atoms with van der Waals surface area (Å²) in [5, 5.41) is 9.44. The third-order valence-corrected chi connectivity index (χ3v) is 6.77. The average molecular weight is 495 g/mol. The number of ether oxygens (including phenoxy) is 1. The monoisotopic (exact) mass is 494 g/mol. The minimum atomic E-state index is -0.459. The molecule has 6 nitrogen and oxygen atoms in total. The van der Waals surface area contributed by atoms with Crippen molar-refractivity contribution in [3.63, 3.8) is 0 Å². The fourth-order valence-electron chi connectivity index (χ4n) is 3.85. The van der Waals surface area contributed by atoms with E-state index in [0.717, 1.165) is 51.6 Å². The minimum absolute atomic E-state index is 0.248. The molecule has 0 radical (unpaired) electrons. The van der Waals surface area contributed by atoms with Crippen molar-refractivity contribution in [1.82, 2.24) is 9.97 Å². The van der Waals surface area contributed by atoms with Crippen molar-refractivity contribution in [3.8, 4) is 10.4 Å². The van der Waals surface area contributed by atoms with E-state index < -0.39 is 6.09 Å². The standard InChI is InChI=1S/C29H26N4O2S/c34-29(35-20-22-5-2-1-3-6-22)33-26-12-8-21(9-13-26)7-4-15-31-28-32-19-27(36-28)24-10-11-25-18-30-16-14-23(25)17-24/h1-3,5-6,8-14,16-19H,4,7,15,20H2,(H,31,32)(H,33,34). The summed E-state index contributed by atoms with van der Waals surface area (Å²) in [7, 11) is 0. The number of thiazole rings is 1. The Morgan fingerprint density at radius 1 is 0.889 bits per heavy atom. The minimum Gasteiger partial charge on any atom is -0.444 e. The highest BCUT2D eigenvalue weighted by atomic mass is 32.1. The third kappa shape index (κ3) is 6.25. The normalized spacial score (nSPS) is 10.8. The molecule has 0 aliphatic heterocycles. The van der Waals surface area contributed by atoms with E-state index in [2.05, 4.69) is 38.8 Å². The molecule has 36 heavy (non-hydrogen) atoms. The van der Waals surface area contributed by atoms with Gasteiger partial charge in [0.2, 0.25) is 0 Å². The summed E-state index contributed by atoms with van der Waals surface area (Å²) in [5.41, 5.74) is 4.05. The van der Waals surface area contributed by atoms with E-state index >= 15 is 0 Å². The molecule has 0 atom stereocenters. The fourth-order valence-corrected chi connectivity index (χ4v) is 4.68. The van der Waals surface area contributed by atoms with Crippen molar-refractivity contribution in [1.29, 1.82) is 0 Å². The summed E-state index contributed by atoms with van der Waals surface area (Å²) < 4.78 is 5.27. The van der Waals surface area contributed by atoms with Crippen LogP contribution in [0.3, 0.4) is 0 Å². The van der Waals surface area contributed by atoms with Crippen LogP contribution in [0.5, 0.6) is 0 Å². The van der Waals surface area contributed by atoms with Crippen molar-refractivity contribution in [2.45, 2.75) is 19.4 Å². The second kappa shape index (κ2) is 11.5. The SMILES string of the molecule is O=C(Nc1ccc(CCCNc2ncc(-c3ccc4cnccc4c3)s2)cc1)OCc1ccccc1. The number of hydrogen-bond donors (Lipinski definition) is 2. The lowest BCUT2D eigenvalue weighted by atomic mass is 10.1. The zero-order valence-electron chi connectivity index (χ0n) is 19.7. The van der Waals surface area contributed by atoms with E-state index in [1.807, 2.05) is 79.3 Å². The average Bonchev–Trinajstić information content (AvgIpc) is 3.40. The molecule has 2 N–H and O–H groups in total. The summed E-state index contributed by atoms with van der Waals surface area (Å²) in [6.07, 6.45) is 7.07. The second-order valence-corrected chi connectivity index (χ2v) is 9.41. The van der Waals surface area contributed by atoms with Crippen molar-refractivity contribution in [2.75, 3.05) is 17.2 Å². The van der Waals surface area contributed by atoms with E-state index in [1.165, 1.54) is 10.9 Å². The largest absolute Gasteiger partial charge is 0.444 e.